The number of thiazole rings is 2. The molecule has 4 N–H and O–H groups in total. The molecule has 0 spiro atoms. The first-order valence-corrected chi connectivity index (χ1v) is 36.0. The smallest absolute Gasteiger partial charge is 0.399 e. The average Bonchev–Trinajstić information content (AvgIpc) is 1.47. The van der Waals surface area contributed by atoms with Gasteiger partial charge in [-0.3, -0.25) is 44.3 Å². The van der Waals surface area contributed by atoms with Crippen molar-refractivity contribution in [3.05, 3.63) is 287 Å². The highest BCUT2D eigenvalue weighted by Gasteiger charge is 2.74. The van der Waals surface area contributed by atoms with E-state index in [4.69, 9.17) is 11.5 Å². The standard InChI is InChI=1S/C40H22F6N8O6S.C19H6F6O6.C19H14N8O2S.H2/c1-19-15-24(9-13-30(19)50-48-22-5-7-23(8-6-22)49-51-37-47-31-14-10-25(54(59)60)18-32(31)61-37)53-35(57)27-12-4-21(17-29(27)36(53)58)38(39(41,42)43,40(44,45)46)20-3-11-26-28(16-20)34(56)52(2)33(26)55;20-18(21,22)17(19(23,24)25,7-1-3-9-11(5-7)15(28)30-13(9)26)8-2-4-10-12(6-8)16(29)31-14(10)27;20-11-1-7-16(15(21)9-11)25-23-12-2-4-13(5-3-12)24-26-19-22-17-8-6-14(27(28)29)10-18(17)30-19;/h3-18H,1-2H3;1-6H;1-10H,20-21H2;1H/i;;;1+1. The molecule has 122 heavy (non-hydrogen) atoms. The Morgan fingerprint density at radius 2 is 0.730 bits per heavy atom. The van der Waals surface area contributed by atoms with Crippen molar-refractivity contribution in [3.63, 3.8) is 0 Å². The molecule has 10 aromatic carbocycles. The number of nitro benzene ring substituents is 2. The number of nitro groups is 2. The van der Waals surface area contributed by atoms with Gasteiger partial charge in [0.1, 0.15) is 5.69 Å². The molecule has 0 bridgehead atoms. The molecule has 616 valence electrons. The lowest BCUT2D eigenvalue weighted by molar-refractivity contribution is -0.384. The van der Waals surface area contributed by atoms with E-state index in [9.17, 15) is 84.9 Å². The summed E-state index contributed by atoms with van der Waals surface area (Å²) >= 11 is 2.36. The number of hydrogen-bond acceptors (Lipinski definition) is 28. The minimum absolute atomic E-state index is 0. The summed E-state index contributed by atoms with van der Waals surface area (Å²) in [5, 5.41) is 55.7. The van der Waals surface area contributed by atoms with E-state index in [0.717, 1.165) is 18.4 Å². The van der Waals surface area contributed by atoms with Crippen LogP contribution in [0, 0.1) is 27.2 Å². The van der Waals surface area contributed by atoms with E-state index in [2.05, 4.69) is 60.4 Å². The fourth-order valence-corrected chi connectivity index (χ4v) is 14.8. The second-order valence-electron chi connectivity index (χ2n) is 26.4. The molecule has 0 saturated carbocycles. The average molecular weight is 1720 g/mol. The maximum absolute atomic E-state index is 15.0. The van der Waals surface area contributed by atoms with E-state index in [-0.39, 0.29) is 41.3 Å². The van der Waals surface area contributed by atoms with E-state index >= 15 is 26.3 Å². The number of carbonyl (C=O) groups is 8. The number of azo groups is 4. The number of non-ortho nitro benzene ring substituents is 2. The summed E-state index contributed by atoms with van der Waals surface area (Å²) in [6, 6.07) is 36.9. The van der Waals surface area contributed by atoms with E-state index in [1.807, 2.05) is 0 Å². The summed E-state index contributed by atoms with van der Waals surface area (Å²) in [7, 11) is 1.03. The molecule has 4 aliphatic heterocycles. The van der Waals surface area contributed by atoms with Crippen LogP contribution in [0.25, 0.3) is 20.4 Å². The molecule has 0 saturated heterocycles. The zero-order valence-corrected chi connectivity index (χ0v) is 62.6. The molecule has 16 rings (SSSR count). The highest BCUT2D eigenvalue weighted by molar-refractivity contribution is 7.22. The number of nitrogens with two attached hydrogens (primary N) is 2. The fourth-order valence-electron chi connectivity index (χ4n) is 13.2. The van der Waals surface area contributed by atoms with Crippen LogP contribution in [0.15, 0.2) is 235 Å². The summed E-state index contributed by atoms with van der Waals surface area (Å²) in [5.74, 6) is -9.41. The number of benzene rings is 10. The first-order valence-electron chi connectivity index (χ1n) is 34.4. The topological polar surface area (TPSA) is 424 Å². The van der Waals surface area contributed by atoms with Gasteiger partial charge in [-0.25, -0.2) is 34.0 Å². The van der Waals surface area contributed by atoms with Crippen molar-refractivity contribution >= 4 is 163 Å². The molecule has 44 heteroatoms. The SMILES string of the molecule is Cc1cc(N2C(=O)c3ccc(C(c4ccc5c(c4)C(=O)N(C)C5=O)(C(F)(F)F)C(F)(F)F)cc3C2=O)ccc1N=Nc1ccc(N=Nc2nc3ccc([N+](=O)[O-])cc3s2)cc1.Nc1ccc(N=Nc2ccc(N=Nc3nc4ccc([N+](=O)[O-])cc4s3)cc2)c(N)c1.O=C1OC(=O)c2cc(C(c3ccc4c(c3)C(=O)OC4=O)(C(F)(F)F)C(F)(F)F)ccc21.[2HH]. The molecular weight excluding hydrogens is 1680 g/mol. The van der Waals surface area contributed by atoms with Gasteiger partial charge >= 0.3 is 48.6 Å². The number of imide groups is 2. The first-order chi connectivity index (χ1) is 57.6. The third kappa shape index (κ3) is 15.1. The Balaban J connectivity index is 0.000000176. The number of aromatic nitrogens is 2. The minimum atomic E-state index is -6.10. The third-order valence-corrected chi connectivity index (χ3v) is 20.9. The second-order valence-corrected chi connectivity index (χ2v) is 28.5. The Morgan fingerprint density at radius 3 is 1.12 bits per heavy atom. The van der Waals surface area contributed by atoms with Gasteiger partial charge in [0.2, 0.25) is 21.1 Å². The Morgan fingerprint density at radius 1 is 0.385 bits per heavy atom. The fraction of sp³-hybridized carbons (Fsp3) is 0.103. The molecule has 0 radical (unpaired) electrons. The number of nitrogens with zero attached hydrogens (tertiary/aromatic N) is 14. The van der Waals surface area contributed by atoms with Crippen LogP contribution >= 0.6 is 22.7 Å². The lowest BCUT2D eigenvalue weighted by atomic mass is 9.71. The normalized spacial score (nSPS) is 14.3. The number of nitrogen functional groups attached to an aromatic ring is 2. The summed E-state index contributed by atoms with van der Waals surface area (Å²) in [4.78, 5) is 129. The van der Waals surface area contributed by atoms with Crippen molar-refractivity contribution in [1.82, 2.24) is 14.9 Å². The summed E-state index contributed by atoms with van der Waals surface area (Å²) in [6.07, 6.45) is -24.2. The largest absolute Gasteiger partial charge is 0.411 e. The van der Waals surface area contributed by atoms with E-state index in [1.165, 1.54) is 59.9 Å². The quantitative estimate of drug-likeness (QED) is 0.0141. The maximum atomic E-state index is 15.0. The van der Waals surface area contributed by atoms with Gasteiger partial charge in [0.15, 0.2) is 0 Å². The van der Waals surface area contributed by atoms with Gasteiger partial charge in [-0.05, 0) is 180 Å². The zero-order valence-electron chi connectivity index (χ0n) is 61.0. The summed E-state index contributed by atoms with van der Waals surface area (Å²) in [6.45, 7) is 1.57. The van der Waals surface area contributed by atoms with Gasteiger partial charge in [0.25, 0.3) is 35.0 Å². The zero-order chi connectivity index (χ0) is 87.8. The van der Waals surface area contributed by atoms with E-state index in [0.29, 0.717) is 147 Å². The molecular formula is C78H44F12N16O14S2. The molecule has 6 heterocycles. The van der Waals surface area contributed by atoms with Crippen LogP contribution in [0.3, 0.4) is 0 Å². The van der Waals surface area contributed by atoms with Crippen molar-refractivity contribution < 1.29 is 112 Å². The van der Waals surface area contributed by atoms with Crippen molar-refractivity contribution in [1.29, 1.82) is 0 Å². The molecule has 12 aromatic rings. The number of cyclic esters (lactones) is 4. The number of fused-ring (bicyclic) bond motifs is 6. The van der Waals surface area contributed by atoms with E-state index < -0.39 is 154 Å². The number of carbonyl (C=O) groups excluding carboxylic acids is 8. The Kier molecular flexibility index (Phi) is 21.2. The summed E-state index contributed by atoms with van der Waals surface area (Å²) < 4.78 is 185. The molecule has 0 unspecified atom stereocenters. The predicted octanol–water partition coefficient (Wildman–Crippen LogP) is 20.9. The number of rotatable bonds is 15. The van der Waals surface area contributed by atoms with Crippen LogP contribution in [-0.2, 0) is 20.3 Å². The van der Waals surface area contributed by atoms with Crippen molar-refractivity contribution in [2.75, 3.05) is 23.4 Å². The van der Waals surface area contributed by atoms with Crippen LogP contribution in [0.1, 0.15) is 112 Å². The van der Waals surface area contributed by atoms with Crippen LogP contribution in [0.2, 0.25) is 0 Å². The highest BCUT2D eigenvalue weighted by Crippen LogP contribution is 2.59. The highest BCUT2D eigenvalue weighted by atomic mass is 32.1. The number of anilines is 3. The molecule has 0 atom stereocenters. The lowest BCUT2D eigenvalue weighted by Crippen LogP contribution is -2.55. The van der Waals surface area contributed by atoms with Gasteiger partial charge < -0.3 is 20.9 Å². The van der Waals surface area contributed by atoms with Crippen molar-refractivity contribution in [2.45, 2.75) is 42.5 Å². The molecule has 2 aromatic heterocycles. The third-order valence-electron chi connectivity index (χ3n) is 19.1. The number of halogens is 12. The van der Waals surface area contributed by atoms with Gasteiger partial charge in [-0.1, -0.05) is 46.9 Å². The Bertz CT molecular complexity index is 6550. The Labute approximate surface area is 680 Å². The minimum Gasteiger partial charge on any atom is -0.399 e. The molecule has 4 aliphatic rings. The molecule has 0 fully saturated rings. The number of esters is 4. The number of hydrogen-bond donors (Lipinski definition) is 2. The van der Waals surface area contributed by atoms with Crippen LogP contribution in [0.4, 0.5) is 126 Å². The number of alkyl halides is 12. The van der Waals surface area contributed by atoms with Gasteiger partial charge in [0, 0.05) is 38.4 Å². The monoisotopic (exact) mass is 1720 g/mol. The lowest BCUT2D eigenvalue weighted by Gasteiger charge is -2.38. The predicted molar refractivity (Wildman–Crippen MR) is 409 cm³/mol. The number of aryl methyl sites for hydroxylation is 1. The van der Waals surface area contributed by atoms with Gasteiger partial charge in [-0.2, -0.15) is 68.0 Å². The van der Waals surface area contributed by atoms with Gasteiger partial charge in [0.05, 0.1) is 115 Å². The maximum Gasteiger partial charge on any atom is 0.411 e. The molecule has 30 nitrogen and oxygen atoms in total. The number of ether oxygens (including phenoxy) is 2. The molecule has 4 amide bonds. The summed E-state index contributed by atoms with van der Waals surface area (Å²) in [5.41, 5.74) is -3.07. The van der Waals surface area contributed by atoms with Crippen LogP contribution in [-0.4, -0.2) is 104 Å². The Hall–Kier alpha value is -15.5. The molecule has 0 aliphatic carbocycles. The van der Waals surface area contributed by atoms with Crippen LogP contribution in [0.5, 0.6) is 0 Å². The van der Waals surface area contributed by atoms with Crippen molar-refractivity contribution in [3.8, 4) is 0 Å². The first kappa shape index (κ1) is 83.0. The van der Waals surface area contributed by atoms with Crippen molar-refractivity contribution in [2.24, 2.45) is 40.9 Å². The number of amides is 4. The van der Waals surface area contributed by atoms with Gasteiger partial charge in [-0.15, -0.1) is 25.6 Å². The van der Waals surface area contributed by atoms with E-state index in [1.54, 1.807) is 79.7 Å². The second kappa shape index (κ2) is 31.1. The van der Waals surface area contributed by atoms with Crippen LogP contribution < -0.4 is 16.4 Å².